The van der Waals surface area contributed by atoms with E-state index in [2.05, 4.69) is 123 Å². The second-order valence-corrected chi connectivity index (χ2v) is 6.69. The van der Waals surface area contributed by atoms with E-state index < -0.39 is 5.41 Å². The van der Waals surface area contributed by atoms with E-state index in [1.165, 1.54) is 16.7 Å². The molecule has 0 nitrogen and oxygen atoms in total. The standard InChI is InChI=1S/C26H21B/c27-25(21-13-5-1-6-14-21)26(22-15-7-2-8-16-22,23-17-9-3-10-18-23)24-19-11-4-12-20-24/h1-20,27H. The van der Waals surface area contributed by atoms with Gasteiger partial charge in [-0.2, -0.15) is 0 Å². The summed E-state index contributed by atoms with van der Waals surface area (Å²) < 4.78 is 0. The summed E-state index contributed by atoms with van der Waals surface area (Å²) in [5.41, 5.74) is 5.43. The molecule has 0 unspecified atom stereocenters. The Labute approximate surface area is 162 Å². The summed E-state index contributed by atoms with van der Waals surface area (Å²) in [6.07, 6.45) is 0. The molecule has 0 aliphatic heterocycles. The van der Waals surface area contributed by atoms with E-state index in [4.69, 9.17) is 0 Å². The van der Waals surface area contributed by atoms with Gasteiger partial charge in [-0.1, -0.05) is 0 Å². The minimum absolute atomic E-state index is 0.453. The van der Waals surface area contributed by atoms with Crippen molar-refractivity contribution >= 4 is 13.0 Å². The van der Waals surface area contributed by atoms with Crippen LogP contribution in [0.5, 0.6) is 0 Å². The zero-order chi connectivity index (χ0) is 18.5. The van der Waals surface area contributed by atoms with E-state index in [9.17, 15) is 0 Å². The SMILES string of the molecule is B=C(c1ccccc1)C(c1ccccc1)(c1ccccc1)c1ccccc1. The molecule has 0 aromatic heterocycles. The van der Waals surface area contributed by atoms with Crippen LogP contribution in [0.3, 0.4) is 0 Å². The quantitative estimate of drug-likeness (QED) is 0.347. The van der Waals surface area contributed by atoms with Crippen LogP contribution in [0.15, 0.2) is 121 Å². The molecule has 4 aromatic carbocycles. The van der Waals surface area contributed by atoms with Gasteiger partial charge in [-0.05, 0) is 0 Å². The average molecular weight is 344 g/mol. The van der Waals surface area contributed by atoms with Gasteiger partial charge in [0, 0.05) is 0 Å². The third kappa shape index (κ3) is 3.06. The first-order valence-corrected chi connectivity index (χ1v) is 9.25. The van der Waals surface area contributed by atoms with E-state index in [-0.39, 0.29) is 0 Å². The number of rotatable bonds is 5. The van der Waals surface area contributed by atoms with Crippen molar-refractivity contribution in [3.8, 4) is 0 Å². The molecule has 27 heavy (non-hydrogen) atoms. The molecule has 0 N–H and O–H groups in total. The van der Waals surface area contributed by atoms with Gasteiger partial charge in [0.15, 0.2) is 0 Å². The third-order valence-electron chi connectivity index (χ3n) is 5.20. The van der Waals surface area contributed by atoms with Crippen LogP contribution in [-0.2, 0) is 5.41 Å². The fourth-order valence-electron chi connectivity index (χ4n) is 3.94. The monoisotopic (exact) mass is 344 g/mol. The Hall–Kier alpha value is -3.19. The average Bonchev–Trinajstić information content (AvgIpc) is 2.77. The zero-order valence-corrected chi connectivity index (χ0v) is 15.3. The number of hydrogen-bond donors (Lipinski definition) is 0. The van der Waals surface area contributed by atoms with Gasteiger partial charge in [0.1, 0.15) is 0 Å². The Balaban J connectivity index is 2.08. The van der Waals surface area contributed by atoms with E-state index >= 15 is 0 Å². The molecular formula is C26H21B. The van der Waals surface area contributed by atoms with Crippen LogP contribution in [0.4, 0.5) is 0 Å². The Morgan fingerprint density at radius 3 is 1.07 bits per heavy atom. The predicted molar refractivity (Wildman–Crippen MR) is 117 cm³/mol. The van der Waals surface area contributed by atoms with Gasteiger partial charge in [-0.25, -0.2) is 0 Å². The number of benzene rings is 4. The maximum absolute atomic E-state index is 4.63. The van der Waals surface area contributed by atoms with Gasteiger partial charge in [0.05, 0.1) is 0 Å². The van der Waals surface area contributed by atoms with E-state index in [0.717, 1.165) is 11.0 Å². The Morgan fingerprint density at radius 1 is 0.444 bits per heavy atom. The Bertz CT molecular complexity index is 910. The predicted octanol–water partition coefficient (Wildman–Crippen LogP) is 5.14. The molecule has 4 rings (SSSR count). The van der Waals surface area contributed by atoms with Crippen molar-refractivity contribution in [2.45, 2.75) is 5.41 Å². The Kier molecular flexibility index (Phi) is 4.85. The van der Waals surface area contributed by atoms with Gasteiger partial charge in [-0.15, -0.1) is 0 Å². The van der Waals surface area contributed by atoms with Crippen molar-refractivity contribution < 1.29 is 0 Å². The molecule has 0 radical (unpaired) electrons. The molecule has 0 saturated heterocycles. The molecule has 4 aromatic rings. The van der Waals surface area contributed by atoms with Crippen molar-refractivity contribution in [1.82, 2.24) is 0 Å². The van der Waals surface area contributed by atoms with Gasteiger partial charge in [0.25, 0.3) is 0 Å². The summed E-state index contributed by atoms with van der Waals surface area (Å²) >= 11 is 0. The summed E-state index contributed by atoms with van der Waals surface area (Å²) in [5, 5.41) is 0. The van der Waals surface area contributed by atoms with Crippen LogP contribution in [0.1, 0.15) is 22.3 Å². The summed E-state index contributed by atoms with van der Waals surface area (Å²) in [6, 6.07) is 42.5. The van der Waals surface area contributed by atoms with Crippen molar-refractivity contribution in [2.24, 2.45) is 0 Å². The van der Waals surface area contributed by atoms with Crippen LogP contribution < -0.4 is 0 Å². The Morgan fingerprint density at radius 2 is 0.741 bits per heavy atom. The van der Waals surface area contributed by atoms with Crippen molar-refractivity contribution in [2.75, 3.05) is 0 Å². The van der Waals surface area contributed by atoms with Crippen LogP contribution in [0.25, 0.3) is 0 Å². The molecule has 0 fully saturated rings. The van der Waals surface area contributed by atoms with E-state index in [1.54, 1.807) is 0 Å². The molecule has 0 aliphatic carbocycles. The third-order valence-corrected chi connectivity index (χ3v) is 5.20. The molecule has 1 heteroatoms. The van der Waals surface area contributed by atoms with Crippen molar-refractivity contribution in [3.05, 3.63) is 144 Å². The summed E-state index contributed by atoms with van der Waals surface area (Å²) in [6.45, 7) is 0. The van der Waals surface area contributed by atoms with Gasteiger partial charge in [0.2, 0.25) is 0 Å². The van der Waals surface area contributed by atoms with Crippen molar-refractivity contribution in [3.63, 3.8) is 0 Å². The summed E-state index contributed by atoms with van der Waals surface area (Å²) in [4.78, 5) is 0. The molecular weight excluding hydrogens is 323 g/mol. The van der Waals surface area contributed by atoms with Gasteiger partial charge in [-0.3, -0.25) is 0 Å². The maximum atomic E-state index is 4.63. The molecule has 0 bridgehead atoms. The minimum atomic E-state index is -0.453. The van der Waals surface area contributed by atoms with E-state index in [0.29, 0.717) is 0 Å². The van der Waals surface area contributed by atoms with Crippen LogP contribution in [0, 0.1) is 0 Å². The fraction of sp³-hybridized carbons (Fsp3) is 0.0385. The normalized spacial score (nSPS) is 11.1. The molecule has 0 amide bonds. The fourth-order valence-corrected chi connectivity index (χ4v) is 3.94. The molecule has 128 valence electrons. The molecule has 0 heterocycles. The van der Waals surface area contributed by atoms with Crippen LogP contribution in [0.2, 0.25) is 0 Å². The zero-order valence-electron chi connectivity index (χ0n) is 15.3. The first-order chi connectivity index (χ1) is 13.3. The van der Waals surface area contributed by atoms with Crippen molar-refractivity contribution in [1.29, 1.82) is 0 Å². The second kappa shape index (κ2) is 7.59. The first kappa shape index (κ1) is 17.2. The van der Waals surface area contributed by atoms with E-state index in [1.807, 2.05) is 6.07 Å². The summed E-state index contributed by atoms with van der Waals surface area (Å²) in [5.74, 6) is 0. The summed E-state index contributed by atoms with van der Waals surface area (Å²) in [7, 11) is 4.63. The topological polar surface area (TPSA) is 0 Å². The van der Waals surface area contributed by atoms with Crippen LogP contribution >= 0.6 is 0 Å². The molecule has 0 saturated carbocycles. The second-order valence-electron chi connectivity index (χ2n) is 6.69. The van der Waals surface area contributed by atoms with Gasteiger partial charge < -0.3 is 0 Å². The van der Waals surface area contributed by atoms with Gasteiger partial charge >= 0.3 is 162 Å². The first-order valence-electron chi connectivity index (χ1n) is 9.25. The number of hydrogen-bond acceptors (Lipinski definition) is 0. The molecule has 0 aliphatic rings. The molecule has 0 atom stereocenters. The van der Waals surface area contributed by atoms with Crippen LogP contribution in [-0.4, -0.2) is 13.0 Å². The molecule has 0 spiro atoms.